The summed E-state index contributed by atoms with van der Waals surface area (Å²) in [6, 6.07) is 13.0. The summed E-state index contributed by atoms with van der Waals surface area (Å²) < 4.78 is 36.7. The summed E-state index contributed by atoms with van der Waals surface area (Å²) in [6.45, 7) is 10.8. The molecule has 0 aliphatic carbocycles. The lowest BCUT2D eigenvalue weighted by atomic mass is 9.91. The molecule has 0 bridgehead atoms. The smallest absolute Gasteiger partial charge is 0.316 e. The molecule has 0 aromatic heterocycles. The molecule has 1 aliphatic rings. The second-order valence-corrected chi connectivity index (χ2v) is 8.15. The van der Waals surface area contributed by atoms with Crippen LogP contribution in [0.5, 0.6) is 0 Å². The standard InChI is InChI=1S/C9H9F3.C8H6ClN.C8H17N/c1-2-7-5-3-4-6-8(7)9(10,11)12;1-6-2-3-7(5-10)8(9)4-6;1-3-7(2)8-4-5-9-6-8/h3-6H,2H2,1H3;2-4H,1H3;7-9H,3-6H2,1-2H3. The van der Waals surface area contributed by atoms with E-state index in [-0.39, 0.29) is 0 Å². The first-order valence-electron chi connectivity index (χ1n) is 10.7. The first kappa shape index (κ1) is 27.0. The number of benzene rings is 2. The number of nitrogens with one attached hydrogen (secondary N) is 1. The third kappa shape index (κ3) is 9.33. The molecule has 170 valence electrons. The molecule has 2 unspecified atom stereocenters. The van der Waals surface area contributed by atoms with E-state index in [1.807, 2.05) is 19.1 Å². The van der Waals surface area contributed by atoms with Crippen LogP contribution < -0.4 is 5.32 Å². The van der Waals surface area contributed by atoms with Crippen LogP contribution in [0.3, 0.4) is 0 Å². The van der Waals surface area contributed by atoms with Gasteiger partial charge >= 0.3 is 6.18 Å². The topological polar surface area (TPSA) is 35.8 Å². The molecule has 1 heterocycles. The van der Waals surface area contributed by atoms with Gasteiger partial charge < -0.3 is 5.32 Å². The fourth-order valence-electron chi connectivity index (χ4n) is 3.31. The normalized spacial score (nSPS) is 16.3. The Labute approximate surface area is 189 Å². The quantitative estimate of drug-likeness (QED) is 0.525. The van der Waals surface area contributed by atoms with Crippen molar-refractivity contribution in [2.24, 2.45) is 11.8 Å². The number of alkyl halides is 3. The lowest BCUT2D eigenvalue weighted by molar-refractivity contribution is -0.138. The van der Waals surface area contributed by atoms with Crippen LogP contribution in [0, 0.1) is 30.1 Å². The monoisotopic (exact) mass is 452 g/mol. The third-order valence-electron chi connectivity index (χ3n) is 5.50. The maximum Gasteiger partial charge on any atom is 0.416 e. The fourth-order valence-corrected chi connectivity index (χ4v) is 3.59. The zero-order valence-electron chi connectivity index (χ0n) is 18.7. The summed E-state index contributed by atoms with van der Waals surface area (Å²) >= 11 is 5.71. The van der Waals surface area contributed by atoms with Gasteiger partial charge in [0.25, 0.3) is 0 Å². The molecule has 2 aromatic rings. The molecule has 0 saturated carbocycles. The van der Waals surface area contributed by atoms with Gasteiger partial charge in [-0.05, 0) is 74.0 Å². The number of aryl methyl sites for hydroxylation is 2. The van der Waals surface area contributed by atoms with Crippen molar-refractivity contribution in [1.29, 1.82) is 5.26 Å². The van der Waals surface area contributed by atoms with E-state index in [1.165, 1.54) is 38.1 Å². The van der Waals surface area contributed by atoms with E-state index in [2.05, 4.69) is 19.2 Å². The predicted molar refractivity (Wildman–Crippen MR) is 122 cm³/mol. The number of nitrogens with zero attached hydrogens (tertiary/aromatic N) is 1. The van der Waals surface area contributed by atoms with Crippen LogP contribution in [0.1, 0.15) is 55.9 Å². The number of nitriles is 1. The fraction of sp³-hybridized carbons (Fsp3) is 0.480. The van der Waals surface area contributed by atoms with E-state index in [0.29, 0.717) is 22.6 Å². The lowest BCUT2D eigenvalue weighted by Gasteiger charge is -2.14. The van der Waals surface area contributed by atoms with Gasteiger partial charge in [0.1, 0.15) is 6.07 Å². The summed E-state index contributed by atoms with van der Waals surface area (Å²) in [4.78, 5) is 0. The Morgan fingerprint density at radius 1 is 1.19 bits per heavy atom. The lowest BCUT2D eigenvalue weighted by Crippen LogP contribution is -2.14. The number of hydrogen-bond acceptors (Lipinski definition) is 2. The highest BCUT2D eigenvalue weighted by Gasteiger charge is 2.32. The Hall–Kier alpha value is -2.03. The van der Waals surface area contributed by atoms with Crippen LogP contribution in [-0.4, -0.2) is 13.1 Å². The molecule has 0 spiro atoms. The van der Waals surface area contributed by atoms with Gasteiger partial charge in [-0.25, -0.2) is 0 Å². The van der Waals surface area contributed by atoms with Crippen LogP contribution in [-0.2, 0) is 12.6 Å². The van der Waals surface area contributed by atoms with E-state index in [0.717, 1.165) is 23.5 Å². The van der Waals surface area contributed by atoms with Crippen molar-refractivity contribution in [3.05, 3.63) is 69.7 Å². The van der Waals surface area contributed by atoms with Gasteiger partial charge in [-0.3, -0.25) is 0 Å². The van der Waals surface area contributed by atoms with Crippen molar-refractivity contribution in [3.63, 3.8) is 0 Å². The molecule has 2 nitrogen and oxygen atoms in total. The second kappa shape index (κ2) is 13.4. The minimum atomic E-state index is -4.22. The van der Waals surface area contributed by atoms with Crippen molar-refractivity contribution in [1.82, 2.24) is 5.32 Å². The Morgan fingerprint density at radius 2 is 1.87 bits per heavy atom. The van der Waals surface area contributed by atoms with Crippen LogP contribution in [0.4, 0.5) is 13.2 Å². The first-order valence-corrected chi connectivity index (χ1v) is 11.0. The second-order valence-electron chi connectivity index (χ2n) is 7.74. The summed E-state index contributed by atoms with van der Waals surface area (Å²) in [7, 11) is 0. The average Bonchev–Trinajstić information content (AvgIpc) is 3.28. The van der Waals surface area contributed by atoms with Gasteiger partial charge in [-0.15, -0.1) is 0 Å². The molecular formula is C25H32ClF3N2. The van der Waals surface area contributed by atoms with Crippen LogP contribution in [0.15, 0.2) is 42.5 Å². The molecule has 3 rings (SSSR count). The summed E-state index contributed by atoms with van der Waals surface area (Å²) in [5.74, 6) is 1.90. The van der Waals surface area contributed by atoms with E-state index >= 15 is 0 Å². The summed E-state index contributed by atoms with van der Waals surface area (Å²) in [5.41, 5.74) is 1.44. The van der Waals surface area contributed by atoms with E-state index in [1.54, 1.807) is 25.1 Å². The van der Waals surface area contributed by atoms with Gasteiger partial charge in [0.2, 0.25) is 0 Å². The zero-order chi connectivity index (χ0) is 23.4. The van der Waals surface area contributed by atoms with Crippen LogP contribution in [0.25, 0.3) is 0 Å². The molecule has 1 N–H and O–H groups in total. The first-order chi connectivity index (χ1) is 14.6. The molecule has 1 fully saturated rings. The van der Waals surface area contributed by atoms with Crippen LogP contribution in [0.2, 0.25) is 5.02 Å². The van der Waals surface area contributed by atoms with E-state index in [9.17, 15) is 13.2 Å². The highest BCUT2D eigenvalue weighted by molar-refractivity contribution is 6.31. The number of hydrogen-bond donors (Lipinski definition) is 1. The average molecular weight is 453 g/mol. The van der Waals surface area contributed by atoms with Gasteiger partial charge in [0.05, 0.1) is 16.1 Å². The molecule has 0 radical (unpaired) electrons. The Kier molecular flexibility index (Phi) is 11.7. The van der Waals surface area contributed by atoms with Crippen molar-refractivity contribution in [2.75, 3.05) is 13.1 Å². The predicted octanol–water partition coefficient (Wildman–Crippen LogP) is 7.43. The molecular weight excluding hydrogens is 421 g/mol. The highest BCUT2D eigenvalue weighted by atomic mass is 35.5. The van der Waals surface area contributed by atoms with Crippen molar-refractivity contribution >= 4 is 11.6 Å². The molecule has 2 atom stereocenters. The molecule has 0 amide bonds. The zero-order valence-corrected chi connectivity index (χ0v) is 19.4. The maximum absolute atomic E-state index is 12.2. The van der Waals surface area contributed by atoms with E-state index in [4.69, 9.17) is 16.9 Å². The van der Waals surface area contributed by atoms with Crippen molar-refractivity contribution in [2.45, 2.75) is 53.1 Å². The minimum absolute atomic E-state index is 0.352. The molecule has 1 aliphatic heterocycles. The Bertz CT molecular complexity index is 837. The van der Waals surface area contributed by atoms with Crippen molar-refractivity contribution in [3.8, 4) is 6.07 Å². The SMILES string of the molecule is CCC(C)C1CCNC1.CCc1ccccc1C(F)(F)F.Cc1ccc(C#N)c(Cl)c1. The molecule has 2 aromatic carbocycles. The van der Waals surface area contributed by atoms with Gasteiger partial charge in [0.15, 0.2) is 0 Å². The number of rotatable bonds is 3. The summed E-state index contributed by atoms with van der Waals surface area (Å²) in [6.07, 6.45) is -1.07. The van der Waals surface area contributed by atoms with Gasteiger partial charge in [-0.2, -0.15) is 18.4 Å². The molecule has 6 heteroatoms. The molecule has 31 heavy (non-hydrogen) atoms. The third-order valence-corrected chi connectivity index (χ3v) is 5.81. The van der Waals surface area contributed by atoms with Crippen LogP contribution >= 0.6 is 11.6 Å². The van der Waals surface area contributed by atoms with Gasteiger partial charge in [0, 0.05) is 0 Å². The largest absolute Gasteiger partial charge is 0.416 e. The Morgan fingerprint density at radius 3 is 2.32 bits per heavy atom. The number of halogens is 4. The van der Waals surface area contributed by atoms with E-state index < -0.39 is 11.7 Å². The van der Waals surface area contributed by atoms with Gasteiger partial charge in [-0.1, -0.05) is 63.1 Å². The van der Waals surface area contributed by atoms with Crippen molar-refractivity contribution < 1.29 is 13.2 Å². The highest BCUT2D eigenvalue weighted by Crippen LogP contribution is 2.31. The summed E-state index contributed by atoms with van der Waals surface area (Å²) in [5, 5.41) is 12.4. The molecule has 1 saturated heterocycles. The maximum atomic E-state index is 12.2. The minimum Gasteiger partial charge on any atom is -0.316 e. The Balaban J connectivity index is 0.000000235.